The second-order valence-corrected chi connectivity index (χ2v) is 4.50. The van der Waals surface area contributed by atoms with Gasteiger partial charge in [0.2, 0.25) is 0 Å². The Hall–Kier alpha value is -0.910. The van der Waals surface area contributed by atoms with Gasteiger partial charge < -0.3 is 4.90 Å². The first-order chi connectivity index (χ1) is 7.58. The van der Waals surface area contributed by atoms with E-state index >= 15 is 0 Å². The molecular formula is C12H14Cl2N2. The van der Waals surface area contributed by atoms with Crippen molar-refractivity contribution in [3.05, 3.63) is 28.8 Å². The second-order valence-electron chi connectivity index (χ2n) is 3.83. The van der Waals surface area contributed by atoms with Crippen molar-refractivity contribution in [1.82, 2.24) is 0 Å². The number of anilines is 1. The van der Waals surface area contributed by atoms with E-state index in [0.717, 1.165) is 11.3 Å². The van der Waals surface area contributed by atoms with E-state index in [9.17, 15) is 0 Å². The van der Waals surface area contributed by atoms with Crippen LogP contribution < -0.4 is 4.90 Å². The van der Waals surface area contributed by atoms with Crippen molar-refractivity contribution in [2.24, 2.45) is 5.92 Å². The molecule has 0 aliphatic carbocycles. The van der Waals surface area contributed by atoms with Crippen LogP contribution in [-0.4, -0.2) is 13.6 Å². The first-order valence-electron chi connectivity index (χ1n) is 5.03. The topological polar surface area (TPSA) is 27.0 Å². The van der Waals surface area contributed by atoms with Crippen molar-refractivity contribution in [3.8, 4) is 6.07 Å². The Balaban J connectivity index is 2.84. The Bertz CT molecular complexity index is 398. The van der Waals surface area contributed by atoms with Crippen LogP contribution in [0.2, 0.25) is 5.02 Å². The summed E-state index contributed by atoms with van der Waals surface area (Å²) in [6.45, 7) is 2.55. The summed E-state index contributed by atoms with van der Waals surface area (Å²) in [5, 5.41) is 9.43. The molecule has 0 amide bonds. The Kier molecular flexibility index (Phi) is 4.92. The predicted octanol–water partition coefficient (Wildman–Crippen LogP) is 3.67. The van der Waals surface area contributed by atoms with E-state index in [1.54, 1.807) is 0 Å². The van der Waals surface area contributed by atoms with Crippen LogP contribution in [0.1, 0.15) is 12.5 Å². The fourth-order valence-corrected chi connectivity index (χ4v) is 2.01. The van der Waals surface area contributed by atoms with Gasteiger partial charge >= 0.3 is 0 Å². The van der Waals surface area contributed by atoms with Crippen molar-refractivity contribution in [3.63, 3.8) is 0 Å². The van der Waals surface area contributed by atoms with Crippen molar-refractivity contribution in [1.29, 1.82) is 5.26 Å². The molecule has 86 valence electrons. The molecule has 0 heterocycles. The molecule has 1 aromatic rings. The zero-order valence-corrected chi connectivity index (χ0v) is 10.9. The molecule has 1 atom stereocenters. The van der Waals surface area contributed by atoms with E-state index in [4.69, 9.17) is 28.5 Å². The third kappa shape index (κ3) is 3.30. The predicted molar refractivity (Wildman–Crippen MR) is 69.1 cm³/mol. The van der Waals surface area contributed by atoms with Crippen LogP contribution in [0.3, 0.4) is 0 Å². The van der Waals surface area contributed by atoms with E-state index in [1.165, 1.54) is 0 Å². The smallest absolute Gasteiger partial charge is 0.0671 e. The second kappa shape index (κ2) is 5.98. The van der Waals surface area contributed by atoms with Crippen LogP contribution in [0.4, 0.5) is 5.69 Å². The molecule has 2 nitrogen and oxygen atoms in total. The van der Waals surface area contributed by atoms with Gasteiger partial charge in [-0.15, -0.1) is 11.6 Å². The molecule has 0 aromatic heterocycles. The molecular weight excluding hydrogens is 243 g/mol. The van der Waals surface area contributed by atoms with E-state index < -0.39 is 0 Å². The summed E-state index contributed by atoms with van der Waals surface area (Å²) in [5.41, 5.74) is 1.93. The fraction of sp³-hybridized carbons (Fsp3) is 0.417. The first-order valence-corrected chi connectivity index (χ1v) is 5.95. The number of nitrogens with zero attached hydrogens (tertiary/aromatic N) is 2. The lowest BCUT2D eigenvalue weighted by Gasteiger charge is -2.21. The summed E-state index contributed by atoms with van der Waals surface area (Å²) in [6.07, 6.45) is 0. The summed E-state index contributed by atoms with van der Waals surface area (Å²) < 4.78 is 0. The van der Waals surface area contributed by atoms with Crippen molar-refractivity contribution in [2.45, 2.75) is 12.8 Å². The highest BCUT2D eigenvalue weighted by molar-refractivity contribution is 6.33. The molecule has 1 rings (SSSR count). The highest BCUT2D eigenvalue weighted by atomic mass is 35.5. The Morgan fingerprint density at radius 1 is 1.50 bits per heavy atom. The van der Waals surface area contributed by atoms with E-state index in [2.05, 4.69) is 6.07 Å². The van der Waals surface area contributed by atoms with Crippen LogP contribution in [-0.2, 0) is 5.88 Å². The van der Waals surface area contributed by atoms with Crippen molar-refractivity contribution < 1.29 is 0 Å². The normalized spacial score (nSPS) is 11.9. The van der Waals surface area contributed by atoms with E-state index in [-0.39, 0.29) is 5.92 Å². The molecule has 0 spiro atoms. The Morgan fingerprint density at radius 3 is 2.69 bits per heavy atom. The van der Waals surface area contributed by atoms with Gasteiger partial charge in [0.15, 0.2) is 0 Å². The van der Waals surface area contributed by atoms with Crippen molar-refractivity contribution in [2.75, 3.05) is 18.5 Å². The molecule has 1 aromatic carbocycles. The minimum atomic E-state index is -0.0197. The number of nitriles is 1. The average molecular weight is 257 g/mol. The monoisotopic (exact) mass is 256 g/mol. The van der Waals surface area contributed by atoms with Gasteiger partial charge in [-0.25, -0.2) is 0 Å². The van der Waals surface area contributed by atoms with Crippen LogP contribution >= 0.6 is 23.2 Å². The van der Waals surface area contributed by atoms with Crippen molar-refractivity contribution >= 4 is 28.9 Å². The third-order valence-electron chi connectivity index (χ3n) is 2.35. The molecule has 0 aliphatic heterocycles. The lowest BCUT2D eigenvalue weighted by molar-refractivity contribution is 0.716. The number of rotatable bonds is 4. The van der Waals surface area contributed by atoms with Gasteiger partial charge in [0.1, 0.15) is 0 Å². The van der Waals surface area contributed by atoms with Gasteiger partial charge in [0.05, 0.1) is 22.7 Å². The number of alkyl halides is 1. The highest BCUT2D eigenvalue weighted by Crippen LogP contribution is 2.27. The van der Waals surface area contributed by atoms with Crippen LogP contribution in [0.15, 0.2) is 18.2 Å². The minimum Gasteiger partial charge on any atom is -0.372 e. The number of hydrogen-bond donors (Lipinski definition) is 0. The van der Waals surface area contributed by atoms with E-state index in [0.29, 0.717) is 17.4 Å². The van der Waals surface area contributed by atoms with Gasteiger partial charge in [-0.05, 0) is 24.6 Å². The number of hydrogen-bond acceptors (Lipinski definition) is 2. The molecule has 0 aliphatic rings. The number of halogens is 2. The summed E-state index contributed by atoms with van der Waals surface area (Å²) in [7, 11) is 1.93. The third-order valence-corrected chi connectivity index (χ3v) is 2.96. The minimum absolute atomic E-state index is 0.0197. The maximum Gasteiger partial charge on any atom is 0.0671 e. The molecule has 0 radical (unpaired) electrons. The Labute approximate surface area is 106 Å². The largest absolute Gasteiger partial charge is 0.372 e. The zero-order chi connectivity index (χ0) is 12.1. The SMILES string of the molecule is CC(C#N)CN(C)c1ccc(CCl)cc1Cl. The molecule has 0 saturated carbocycles. The number of benzene rings is 1. The average Bonchev–Trinajstić information content (AvgIpc) is 2.28. The van der Waals surface area contributed by atoms with E-state index in [1.807, 2.05) is 37.1 Å². The lowest BCUT2D eigenvalue weighted by Crippen LogP contribution is -2.23. The van der Waals surface area contributed by atoms with Gasteiger partial charge in [0.25, 0.3) is 0 Å². The summed E-state index contributed by atoms with van der Waals surface area (Å²) >= 11 is 11.9. The molecule has 0 saturated heterocycles. The quantitative estimate of drug-likeness (QED) is 0.769. The van der Waals surface area contributed by atoms with Crippen LogP contribution in [0.5, 0.6) is 0 Å². The molecule has 0 bridgehead atoms. The maximum atomic E-state index is 8.75. The standard InChI is InChI=1S/C12H14Cl2N2/c1-9(7-15)8-16(2)12-4-3-10(6-13)5-11(12)14/h3-5,9H,6,8H2,1-2H3. The summed E-state index contributed by atoms with van der Waals surface area (Å²) in [5.74, 6) is 0.437. The molecule has 16 heavy (non-hydrogen) atoms. The van der Waals surface area contributed by atoms with Crippen LogP contribution in [0, 0.1) is 17.2 Å². The summed E-state index contributed by atoms with van der Waals surface area (Å²) in [6, 6.07) is 7.94. The molecule has 4 heteroatoms. The van der Waals surface area contributed by atoms with Crippen LogP contribution in [0.25, 0.3) is 0 Å². The van der Waals surface area contributed by atoms with Gasteiger partial charge in [-0.2, -0.15) is 5.26 Å². The summed E-state index contributed by atoms with van der Waals surface area (Å²) in [4.78, 5) is 1.98. The lowest BCUT2D eigenvalue weighted by atomic mass is 10.1. The fourth-order valence-electron chi connectivity index (χ4n) is 1.49. The maximum absolute atomic E-state index is 8.75. The highest BCUT2D eigenvalue weighted by Gasteiger charge is 2.09. The van der Waals surface area contributed by atoms with Gasteiger partial charge in [-0.3, -0.25) is 0 Å². The Morgan fingerprint density at radius 2 is 2.19 bits per heavy atom. The van der Waals surface area contributed by atoms with Gasteiger partial charge in [-0.1, -0.05) is 17.7 Å². The zero-order valence-electron chi connectivity index (χ0n) is 9.37. The molecule has 1 unspecified atom stereocenters. The van der Waals surface area contributed by atoms with Gasteiger partial charge in [0, 0.05) is 19.5 Å². The molecule has 0 N–H and O–H groups in total. The molecule has 0 fully saturated rings. The first kappa shape index (κ1) is 13.2.